The van der Waals surface area contributed by atoms with Crippen molar-refractivity contribution in [1.29, 1.82) is 0 Å². The van der Waals surface area contributed by atoms with Crippen LogP contribution in [0.5, 0.6) is 0 Å². The Morgan fingerprint density at radius 1 is 1.03 bits per heavy atom. The van der Waals surface area contributed by atoms with Crippen LogP contribution < -0.4 is 4.90 Å². The number of Topliss-reactive ketones (excluding diaryl/α,β-unsaturated/α-hetero) is 1. The van der Waals surface area contributed by atoms with Gasteiger partial charge in [0.25, 0.3) is 0 Å². The van der Waals surface area contributed by atoms with Crippen LogP contribution >= 0.6 is 11.8 Å². The second-order valence-electron chi connectivity index (χ2n) is 7.56. The largest absolute Gasteiger partial charge is 0.338 e. The van der Waals surface area contributed by atoms with Crippen LogP contribution in [0.25, 0.3) is 5.69 Å². The lowest BCUT2D eigenvalue weighted by Gasteiger charge is -2.34. The first-order valence-electron chi connectivity index (χ1n) is 10.2. The fourth-order valence-corrected chi connectivity index (χ4v) is 4.49. The molecule has 0 bridgehead atoms. The molecule has 7 heteroatoms. The first-order chi connectivity index (χ1) is 14.6. The van der Waals surface area contributed by atoms with Gasteiger partial charge in [-0.15, -0.1) is 11.8 Å². The van der Waals surface area contributed by atoms with Crippen molar-refractivity contribution < 1.29 is 4.79 Å². The molecule has 0 atom stereocenters. The second-order valence-corrected chi connectivity index (χ2v) is 8.44. The van der Waals surface area contributed by atoms with Gasteiger partial charge >= 0.3 is 0 Å². The maximum absolute atomic E-state index is 13.1. The highest BCUT2D eigenvalue weighted by atomic mass is 32.2. The van der Waals surface area contributed by atoms with Crippen LogP contribution in [0.3, 0.4) is 0 Å². The highest BCUT2D eigenvalue weighted by Crippen LogP contribution is 2.25. The lowest BCUT2D eigenvalue weighted by molar-refractivity contribution is 0.0925. The molecule has 30 heavy (non-hydrogen) atoms. The first kappa shape index (κ1) is 20.6. The van der Waals surface area contributed by atoms with Crippen LogP contribution in [0, 0.1) is 13.8 Å². The average Bonchev–Trinajstić information content (AvgIpc) is 3.09. The quantitative estimate of drug-likeness (QED) is 0.448. The molecule has 0 saturated carbocycles. The van der Waals surface area contributed by atoms with E-state index in [4.69, 9.17) is 0 Å². The number of carbonyl (C=O) groups is 1. The Hall–Kier alpha value is -2.64. The number of piperazine rings is 1. The van der Waals surface area contributed by atoms with Gasteiger partial charge < -0.3 is 9.47 Å². The minimum atomic E-state index is 0.180. The lowest BCUT2D eigenvalue weighted by atomic mass is 10.1. The van der Waals surface area contributed by atoms with Gasteiger partial charge in [0.15, 0.2) is 5.78 Å². The molecule has 0 radical (unpaired) electrons. The summed E-state index contributed by atoms with van der Waals surface area (Å²) < 4.78 is 2.18. The molecule has 1 aliphatic rings. The molecule has 3 aromatic rings. The number of ketones is 1. The number of anilines is 1. The minimum Gasteiger partial charge on any atom is -0.338 e. The Morgan fingerprint density at radius 2 is 1.77 bits per heavy atom. The Bertz CT molecular complexity index is 1030. The van der Waals surface area contributed by atoms with E-state index < -0.39 is 0 Å². The van der Waals surface area contributed by atoms with Crippen molar-refractivity contribution >= 4 is 23.5 Å². The zero-order chi connectivity index (χ0) is 21.1. The molecular formula is C23H27N5OS. The van der Waals surface area contributed by atoms with Crippen molar-refractivity contribution in [1.82, 2.24) is 19.4 Å². The van der Waals surface area contributed by atoms with E-state index in [9.17, 15) is 4.79 Å². The van der Waals surface area contributed by atoms with Crippen LogP contribution in [0.4, 0.5) is 5.95 Å². The Balaban J connectivity index is 1.44. The number of hydrogen-bond acceptors (Lipinski definition) is 6. The third-order valence-electron chi connectivity index (χ3n) is 5.62. The van der Waals surface area contributed by atoms with Crippen molar-refractivity contribution in [2.45, 2.75) is 18.7 Å². The van der Waals surface area contributed by atoms with Gasteiger partial charge in [0.2, 0.25) is 5.95 Å². The van der Waals surface area contributed by atoms with Crippen molar-refractivity contribution in [2.24, 2.45) is 0 Å². The summed E-state index contributed by atoms with van der Waals surface area (Å²) in [5.74, 6) is 0.944. The summed E-state index contributed by atoms with van der Waals surface area (Å²) in [7, 11) is 0. The van der Waals surface area contributed by atoms with E-state index in [0.717, 1.165) is 54.8 Å². The molecular weight excluding hydrogens is 394 g/mol. The van der Waals surface area contributed by atoms with Gasteiger partial charge in [-0.2, -0.15) is 0 Å². The number of aromatic nitrogens is 3. The van der Waals surface area contributed by atoms with E-state index in [-0.39, 0.29) is 5.78 Å². The Morgan fingerprint density at radius 3 is 2.47 bits per heavy atom. The van der Waals surface area contributed by atoms with Crippen LogP contribution in [-0.2, 0) is 0 Å². The van der Waals surface area contributed by atoms with E-state index in [0.29, 0.717) is 6.54 Å². The standard InChI is InChI=1S/C23H27N5OS/c1-17-14-21(18(2)28(17)19-6-4-7-20(15-19)30-3)22(29)16-26-10-12-27(13-11-26)23-24-8-5-9-25-23/h4-9,14-15H,10-13,16H2,1-3H3. The monoisotopic (exact) mass is 421 g/mol. The molecule has 0 spiro atoms. The highest BCUT2D eigenvalue weighted by Gasteiger charge is 2.23. The third kappa shape index (κ3) is 4.27. The molecule has 3 heterocycles. The van der Waals surface area contributed by atoms with Gasteiger partial charge in [-0.25, -0.2) is 9.97 Å². The fourth-order valence-electron chi connectivity index (χ4n) is 4.04. The molecule has 4 rings (SSSR count). The molecule has 0 amide bonds. The number of carbonyl (C=O) groups excluding carboxylic acids is 1. The third-order valence-corrected chi connectivity index (χ3v) is 6.34. The lowest BCUT2D eigenvalue weighted by Crippen LogP contribution is -2.48. The number of benzene rings is 1. The fraction of sp³-hybridized carbons (Fsp3) is 0.348. The molecule has 1 fully saturated rings. The topological polar surface area (TPSA) is 54.3 Å². The number of rotatable bonds is 6. The first-order valence-corrected chi connectivity index (χ1v) is 11.4. The normalized spacial score (nSPS) is 14.8. The molecule has 1 saturated heterocycles. The summed E-state index contributed by atoms with van der Waals surface area (Å²) in [4.78, 5) is 27.4. The smallest absolute Gasteiger partial charge is 0.225 e. The summed E-state index contributed by atoms with van der Waals surface area (Å²) >= 11 is 1.72. The number of aryl methyl sites for hydroxylation is 1. The van der Waals surface area contributed by atoms with E-state index >= 15 is 0 Å². The molecule has 1 aromatic carbocycles. The van der Waals surface area contributed by atoms with Crippen molar-refractivity contribution in [3.8, 4) is 5.69 Å². The molecule has 0 N–H and O–H groups in total. The Labute approximate surface area is 181 Å². The van der Waals surface area contributed by atoms with Crippen molar-refractivity contribution in [3.63, 3.8) is 0 Å². The van der Waals surface area contributed by atoms with Gasteiger partial charge in [-0.05, 0) is 50.4 Å². The van der Waals surface area contributed by atoms with Crippen molar-refractivity contribution in [3.05, 3.63) is 65.7 Å². The summed E-state index contributed by atoms with van der Waals surface area (Å²) in [6.45, 7) is 7.87. The second kappa shape index (κ2) is 9.02. The summed E-state index contributed by atoms with van der Waals surface area (Å²) in [5, 5.41) is 0. The van der Waals surface area contributed by atoms with E-state index in [1.54, 1.807) is 24.2 Å². The van der Waals surface area contributed by atoms with E-state index in [1.807, 2.05) is 19.1 Å². The zero-order valence-corrected chi connectivity index (χ0v) is 18.5. The van der Waals surface area contributed by atoms with Crippen LogP contribution in [0.15, 0.2) is 53.7 Å². The van der Waals surface area contributed by atoms with Gasteiger partial charge in [0.1, 0.15) is 0 Å². The summed E-state index contributed by atoms with van der Waals surface area (Å²) in [6.07, 6.45) is 5.61. The Kier molecular flexibility index (Phi) is 6.20. The maximum atomic E-state index is 13.1. The van der Waals surface area contributed by atoms with Crippen molar-refractivity contribution in [2.75, 3.05) is 43.9 Å². The van der Waals surface area contributed by atoms with Crippen LogP contribution in [0.1, 0.15) is 21.7 Å². The van der Waals surface area contributed by atoms with E-state index in [1.165, 1.54) is 4.90 Å². The molecule has 2 aromatic heterocycles. The minimum absolute atomic E-state index is 0.180. The molecule has 0 aliphatic carbocycles. The van der Waals surface area contributed by atoms with E-state index in [2.05, 4.69) is 61.8 Å². The molecule has 0 unspecified atom stereocenters. The number of nitrogens with zero attached hydrogens (tertiary/aromatic N) is 5. The molecule has 156 valence electrons. The molecule has 6 nitrogen and oxygen atoms in total. The average molecular weight is 422 g/mol. The predicted molar refractivity (Wildman–Crippen MR) is 122 cm³/mol. The molecule has 1 aliphatic heterocycles. The van der Waals surface area contributed by atoms with Crippen LogP contribution in [0.2, 0.25) is 0 Å². The number of hydrogen-bond donors (Lipinski definition) is 0. The zero-order valence-electron chi connectivity index (χ0n) is 17.7. The van der Waals surface area contributed by atoms with Gasteiger partial charge in [-0.1, -0.05) is 6.07 Å². The SMILES string of the molecule is CSc1cccc(-n2c(C)cc(C(=O)CN3CCN(c4ncccn4)CC3)c2C)c1. The highest BCUT2D eigenvalue weighted by molar-refractivity contribution is 7.98. The summed E-state index contributed by atoms with van der Waals surface area (Å²) in [5.41, 5.74) is 4.01. The van der Waals surface area contributed by atoms with Gasteiger partial charge in [-0.3, -0.25) is 9.69 Å². The van der Waals surface area contributed by atoms with Gasteiger partial charge in [0.05, 0.1) is 6.54 Å². The van der Waals surface area contributed by atoms with Gasteiger partial charge in [0, 0.05) is 66.1 Å². The maximum Gasteiger partial charge on any atom is 0.225 e. The number of thioether (sulfide) groups is 1. The summed E-state index contributed by atoms with van der Waals surface area (Å²) in [6, 6.07) is 12.3. The predicted octanol–water partition coefficient (Wildman–Crippen LogP) is 3.61. The van der Waals surface area contributed by atoms with Crippen LogP contribution in [-0.4, -0.2) is 64.2 Å².